The summed E-state index contributed by atoms with van der Waals surface area (Å²) in [5.74, 6) is 0.988. The van der Waals surface area contributed by atoms with Crippen molar-refractivity contribution in [2.75, 3.05) is 44.2 Å². The molecule has 2 aliphatic rings. The van der Waals surface area contributed by atoms with Crippen LogP contribution in [0.5, 0.6) is 0 Å². The number of nitrogens with zero attached hydrogens (tertiary/aromatic N) is 3. The van der Waals surface area contributed by atoms with Crippen LogP contribution in [0.1, 0.15) is 31.1 Å². The number of aliphatic hydroxyl groups is 1. The lowest BCUT2D eigenvalue weighted by Crippen LogP contribution is -2.49. The molecule has 1 aromatic heterocycles. The summed E-state index contributed by atoms with van der Waals surface area (Å²) in [6.45, 7) is 6.79. The normalized spacial score (nSPS) is 23.0. The van der Waals surface area contributed by atoms with Crippen molar-refractivity contribution < 1.29 is 14.4 Å². The summed E-state index contributed by atoms with van der Waals surface area (Å²) in [5, 5.41) is 16.4. The van der Waals surface area contributed by atoms with Crippen LogP contribution in [0.2, 0.25) is 0 Å². The maximum absolute atomic E-state index is 10.8. The molecule has 4 aromatic rings. The van der Waals surface area contributed by atoms with Crippen molar-refractivity contribution in [3.63, 3.8) is 0 Å². The lowest BCUT2D eigenvalue weighted by molar-refractivity contribution is 0.0169. The van der Waals surface area contributed by atoms with E-state index in [1.165, 1.54) is 11.3 Å². The summed E-state index contributed by atoms with van der Waals surface area (Å²) in [7, 11) is 0. The van der Waals surface area contributed by atoms with Gasteiger partial charge in [-0.05, 0) is 48.1 Å². The number of aliphatic hydroxyl groups excluding tert-OH is 1. The molecule has 1 saturated heterocycles. The van der Waals surface area contributed by atoms with Crippen molar-refractivity contribution in [2.45, 2.75) is 31.3 Å². The lowest BCUT2D eigenvalue weighted by Gasteiger charge is -2.45. The molecule has 0 spiro atoms. The molecule has 2 fully saturated rings. The molecule has 0 amide bonds. The first-order valence-electron chi connectivity index (χ1n) is 14.0. The maximum Gasteiger partial charge on any atom is 0.153 e. The van der Waals surface area contributed by atoms with E-state index in [1.807, 2.05) is 24.3 Å². The molecule has 0 unspecified atom stereocenters. The van der Waals surface area contributed by atoms with Crippen LogP contribution in [0.4, 0.5) is 5.69 Å². The Hall–Kier alpha value is -3.61. The number of rotatable bonds is 9. The molecule has 1 aliphatic heterocycles. The van der Waals surface area contributed by atoms with Crippen LogP contribution in [-0.2, 0) is 10.3 Å². The standard InChI is InChI=1S/C33H37N3O3/c1-33(27-11-4-2-5-12-27)21-26(22-33)32(31-20-25-10-8-9-15-30(25)39-31)34-38-24-29(37)23-35-16-18-36(19-17-35)28-13-6-3-7-14-28/h2-15,20,26,29,37H,16-19,21-24H2,1H3/t26?,29-,33?/m1/s1. The summed E-state index contributed by atoms with van der Waals surface area (Å²) >= 11 is 0. The Kier molecular flexibility index (Phi) is 7.40. The second kappa shape index (κ2) is 11.2. The fourth-order valence-electron chi connectivity index (χ4n) is 6.10. The van der Waals surface area contributed by atoms with E-state index in [0.717, 1.165) is 61.5 Å². The van der Waals surface area contributed by atoms with E-state index in [-0.39, 0.29) is 17.9 Å². The largest absolute Gasteiger partial charge is 0.455 e. The number of β-amino-alcohol motifs (C(OH)–C–C–N with tert-alkyl or cyclic N) is 1. The molecule has 1 saturated carbocycles. The van der Waals surface area contributed by atoms with Gasteiger partial charge in [-0.25, -0.2) is 0 Å². The van der Waals surface area contributed by atoms with E-state index in [9.17, 15) is 5.11 Å². The van der Waals surface area contributed by atoms with E-state index < -0.39 is 6.10 Å². The summed E-state index contributed by atoms with van der Waals surface area (Å²) < 4.78 is 6.20. The average Bonchev–Trinajstić information content (AvgIpc) is 3.39. The molecule has 2 heterocycles. The zero-order chi connectivity index (χ0) is 26.7. The first kappa shape index (κ1) is 25.7. The highest BCUT2D eigenvalue weighted by Gasteiger charge is 2.45. The smallest absolute Gasteiger partial charge is 0.153 e. The number of benzene rings is 3. The third-order valence-electron chi connectivity index (χ3n) is 8.32. The van der Waals surface area contributed by atoms with Crippen LogP contribution in [0.25, 0.3) is 11.0 Å². The summed E-state index contributed by atoms with van der Waals surface area (Å²) in [4.78, 5) is 10.5. The van der Waals surface area contributed by atoms with Gasteiger partial charge in [0.1, 0.15) is 24.0 Å². The Labute approximate surface area is 230 Å². The van der Waals surface area contributed by atoms with E-state index in [0.29, 0.717) is 6.54 Å². The van der Waals surface area contributed by atoms with Gasteiger partial charge >= 0.3 is 0 Å². The number of oxime groups is 1. The van der Waals surface area contributed by atoms with Gasteiger partial charge in [0.25, 0.3) is 0 Å². The highest BCUT2D eigenvalue weighted by atomic mass is 16.6. The molecule has 1 atom stereocenters. The van der Waals surface area contributed by atoms with Crippen LogP contribution in [0.15, 0.2) is 101 Å². The van der Waals surface area contributed by atoms with Crippen molar-refractivity contribution in [1.29, 1.82) is 0 Å². The van der Waals surface area contributed by atoms with Crippen molar-refractivity contribution in [3.05, 3.63) is 102 Å². The highest BCUT2D eigenvalue weighted by molar-refractivity contribution is 6.03. The lowest BCUT2D eigenvalue weighted by atomic mass is 9.58. The van der Waals surface area contributed by atoms with Crippen LogP contribution in [0.3, 0.4) is 0 Å². The predicted molar refractivity (Wildman–Crippen MR) is 156 cm³/mol. The number of hydrogen-bond acceptors (Lipinski definition) is 6. The number of furan rings is 1. The molecule has 1 aliphatic carbocycles. The Morgan fingerprint density at radius 1 is 0.949 bits per heavy atom. The van der Waals surface area contributed by atoms with Gasteiger partial charge in [-0.1, -0.05) is 78.8 Å². The van der Waals surface area contributed by atoms with Crippen LogP contribution in [-0.4, -0.2) is 61.2 Å². The molecule has 0 bridgehead atoms. The third-order valence-corrected chi connectivity index (χ3v) is 8.32. The molecule has 39 heavy (non-hydrogen) atoms. The first-order chi connectivity index (χ1) is 19.1. The topological polar surface area (TPSA) is 61.4 Å². The average molecular weight is 524 g/mol. The number of hydrogen-bond donors (Lipinski definition) is 1. The minimum atomic E-state index is -0.607. The van der Waals surface area contributed by atoms with Gasteiger partial charge in [0.2, 0.25) is 0 Å². The summed E-state index contributed by atoms with van der Waals surface area (Å²) in [5.41, 5.74) is 4.41. The quantitative estimate of drug-likeness (QED) is 0.225. The van der Waals surface area contributed by atoms with Crippen LogP contribution < -0.4 is 4.90 Å². The number of para-hydroxylation sites is 2. The molecule has 0 radical (unpaired) electrons. The van der Waals surface area contributed by atoms with Crippen LogP contribution >= 0.6 is 0 Å². The van der Waals surface area contributed by atoms with Gasteiger partial charge in [0, 0.05) is 49.7 Å². The van der Waals surface area contributed by atoms with Gasteiger partial charge in [-0.3, -0.25) is 4.90 Å². The third kappa shape index (κ3) is 5.72. The van der Waals surface area contributed by atoms with Crippen molar-refractivity contribution >= 4 is 22.4 Å². The van der Waals surface area contributed by atoms with Crippen LogP contribution in [0, 0.1) is 5.92 Å². The molecular weight excluding hydrogens is 486 g/mol. The molecule has 6 heteroatoms. The van der Waals surface area contributed by atoms with Gasteiger partial charge in [0.15, 0.2) is 5.76 Å². The number of fused-ring (bicyclic) bond motifs is 1. The highest BCUT2D eigenvalue weighted by Crippen LogP contribution is 2.49. The molecule has 1 N–H and O–H groups in total. The molecular formula is C33H37N3O3. The fourth-order valence-corrected chi connectivity index (χ4v) is 6.10. The summed E-state index contributed by atoms with van der Waals surface area (Å²) in [6.07, 6.45) is 1.35. The molecule has 3 aromatic carbocycles. The zero-order valence-corrected chi connectivity index (χ0v) is 22.6. The van der Waals surface area contributed by atoms with Crippen molar-refractivity contribution in [2.24, 2.45) is 11.1 Å². The van der Waals surface area contributed by atoms with Gasteiger partial charge in [-0.2, -0.15) is 0 Å². The number of piperazine rings is 1. The zero-order valence-electron chi connectivity index (χ0n) is 22.6. The Morgan fingerprint density at radius 2 is 1.62 bits per heavy atom. The van der Waals surface area contributed by atoms with Crippen molar-refractivity contribution in [1.82, 2.24) is 4.90 Å². The van der Waals surface area contributed by atoms with Crippen molar-refractivity contribution in [3.8, 4) is 0 Å². The summed E-state index contributed by atoms with van der Waals surface area (Å²) in [6, 6.07) is 31.3. The number of anilines is 1. The Morgan fingerprint density at radius 3 is 2.33 bits per heavy atom. The van der Waals surface area contributed by atoms with Gasteiger partial charge in [0.05, 0.1) is 0 Å². The van der Waals surface area contributed by atoms with Gasteiger partial charge in [-0.15, -0.1) is 0 Å². The second-order valence-electron chi connectivity index (χ2n) is 11.2. The second-order valence-corrected chi connectivity index (χ2v) is 11.2. The first-order valence-corrected chi connectivity index (χ1v) is 14.0. The SMILES string of the molecule is CC1(c2ccccc2)CC(C(=NOC[C@H](O)CN2CCN(c3ccccc3)CC2)c2cc3ccccc3o2)C1. The maximum atomic E-state index is 10.8. The monoisotopic (exact) mass is 523 g/mol. The Bertz CT molecular complexity index is 1350. The van der Waals surface area contributed by atoms with E-state index in [1.54, 1.807) is 0 Å². The van der Waals surface area contributed by atoms with Gasteiger partial charge < -0.3 is 19.3 Å². The Balaban J connectivity index is 1.08. The van der Waals surface area contributed by atoms with E-state index >= 15 is 0 Å². The fraction of sp³-hybridized carbons (Fsp3) is 0.364. The minimum absolute atomic E-state index is 0.111. The van der Waals surface area contributed by atoms with E-state index in [2.05, 4.69) is 88.6 Å². The predicted octanol–water partition coefficient (Wildman–Crippen LogP) is 5.70. The molecule has 202 valence electrons. The minimum Gasteiger partial charge on any atom is -0.455 e. The van der Waals surface area contributed by atoms with E-state index in [4.69, 9.17) is 9.25 Å². The molecule has 6 nitrogen and oxygen atoms in total. The molecule has 6 rings (SSSR count).